The molecule has 1 N–H and O–H groups in total. The van der Waals surface area contributed by atoms with Crippen LogP contribution in [-0.2, 0) is 10.2 Å². The van der Waals surface area contributed by atoms with Gasteiger partial charge in [0.25, 0.3) is 0 Å². The molecule has 1 unspecified atom stereocenters. The lowest BCUT2D eigenvalue weighted by Crippen LogP contribution is -2.42. The van der Waals surface area contributed by atoms with E-state index in [-0.39, 0.29) is 5.41 Å². The molecule has 1 saturated heterocycles. The maximum atomic E-state index is 13.1. The lowest BCUT2D eigenvalue weighted by atomic mass is 9.73. The number of carbonyl (C=O) groups is 1. The Hall–Kier alpha value is -3.56. The molecule has 1 spiro atoms. The van der Waals surface area contributed by atoms with Crippen molar-refractivity contribution in [3.8, 4) is 0 Å². The van der Waals surface area contributed by atoms with E-state index in [2.05, 4.69) is 50.2 Å². The first-order valence-corrected chi connectivity index (χ1v) is 10.7. The molecule has 0 amide bonds. The van der Waals surface area contributed by atoms with Gasteiger partial charge in [-0.25, -0.2) is 19.2 Å². The number of fused-ring (bicyclic) bond motifs is 2. The second-order valence-corrected chi connectivity index (χ2v) is 8.40. The molecule has 0 radical (unpaired) electrons. The summed E-state index contributed by atoms with van der Waals surface area (Å²) in [4.78, 5) is 23.7. The smallest absolute Gasteiger partial charge is 0.475 e. The molecule has 1 fully saturated rings. The number of carboxylic acids is 1. The number of pyridine rings is 1. The minimum Gasteiger partial charge on any atom is -0.475 e. The van der Waals surface area contributed by atoms with Crippen LogP contribution in [0.2, 0.25) is 0 Å². The van der Waals surface area contributed by atoms with Gasteiger partial charge >= 0.3 is 12.1 Å². The van der Waals surface area contributed by atoms with Crippen LogP contribution in [0.15, 0.2) is 61.2 Å². The molecule has 1 aliphatic carbocycles. The van der Waals surface area contributed by atoms with Gasteiger partial charge in [-0.05, 0) is 47.4 Å². The summed E-state index contributed by atoms with van der Waals surface area (Å²) in [6.45, 7) is 1.78. The Labute approximate surface area is 193 Å². The van der Waals surface area contributed by atoms with Crippen molar-refractivity contribution in [2.24, 2.45) is 0 Å². The van der Waals surface area contributed by atoms with Crippen molar-refractivity contribution >= 4 is 11.9 Å². The van der Waals surface area contributed by atoms with Crippen molar-refractivity contribution < 1.29 is 27.5 Å². The predicted molar refractivity (Wildman–Crippen MR) is 116 cm³/mol. The van der Waals surface area contributed by atoms with Crippen LogP contribution >= 0.6 is 0 Å². The highest BCUT2D eigenvalue weighted by molar-refractivity contribution is 5.73. The normalized spacial score (nSPS) is 18.7. The van der Waals surface area contributed by atoms with Crippen LogP contribution in [0.5, 0.6) is 0 Å². The van der Waals surface area contributed by atoms with Gasteiger partial charge in [0, 0.05) is 31.4 Å². The van der Waals surface area contributed by atoms with Gasteiger partial charge in [-0.2, -0.15) is 13.2 Å². The molecule has 1 aliphatic heterocycles. The number of nitrogens with zero attached hydrogens (tertiary/aromatic N) is 4. The summed E-state index contributed by atoms with van der Waals surface area (Å²) >= 11 is 0. The van der Waals surface area contributed by atoms with Gasteiger partial charge in [-0.15, -0.1) is 0 Å². The van der Waals surface area contributed by atoms with E-state index in [1.807, 2.05) is 18.5 Å². The standard InChI is InChI=1S/C22H21FN4.C2HF3O2/c23-17-14-25-21(26-15-17)27-10-7-22(8-11-27)12-19(16-4-3-9-24-13-16)18-5-1-2-6-20(18)22;3-2(4,5)1(6)7/h1-6,9,13-15,19H,7-8,10-12H2;(H,6,7). The van der Waals surface area contributed by atoms with Crippen LogP contribution in [0.4, 0.5) is 23.5 Å². The topological polar surface area (TPSA) is 79.2 Å². The zero-order valence-corrected chi connectivity index (χ0v) is 18.0. The minimum atomic E-state index is -5.08. The summed E-state index contributed by atoms with van der Waals surface area (Å²) in [6.07, 6.45) is 4.48. The summed E-state index contributed by atoms with van der Waals surface area (Å²) in [7, 11) is 0. The SMILES string of the molecule is Fc1cnc(N2CCC3(CC2)CC(c2cccnc2)c2ccccc23)nc1.O=C(O)C(F)(F)F. The highest BCUT2D eigenvalue weighted by Crippen LogP contribution is 2.53. The van der Waals surface area contributed by atoms with Crippen LogP contribution < -0.4 is 4.90 Å². The molecule has 34 heavy (non-hydrogen) atoms. The molecule has 5 rings (SSSR count). The summed E-state index contributed by atoms with van der Waals surface area (Å²) in [5, 5.41) is 7.12. The van der Waals surface area contributed by atoms with Crippen LogP contribution in [0.1, 0.15) is 41.9 Å². The average Bonchev–Trinajstić information content (AvgIpc) is 3.15. The molecule has 3 aromatic rings. The summed E-state index contributed by atoms with van der Waals surface area (Å²) in [5.74, 6) is -2.12. The first-order valence-electron chi connectivity index (χ1n) is 10.7. The van der Waals surface area contributed by atoms with Crippen molar-refractivity contribution in [2.45, 2.75) is 36.8 Å². The van der Waals surface area contributed by atoms with Crippen molar-refractivity contribution in [2.75, 3.05) is 18.0 Å². The van der Waals surface area contributed by atoms with E-state index in [0.29, 0.717) is 11.9 Å². The monoisotopic (exact) mass is 474 g/mol. The number of aromatic nitrogens is 3. The molecule has 6 nitrogen and oxygen atoms in total. The second kappa shape index (κ2) is 9.36. The fourth-order valence-electron chi connectivity index (χ4n) is 4.85. The number of anilines is 1. The number of hydrogen-bond donors (Lipinski definition) is 1. The van der Waals surface area contributed by atoms with Gasteiger partial charge < -0.3 is 10.0 Å². The third kappa shape index (κ3) is 4.85. The third-order valence-electron chi connectivity index (χ3n) is 6.44. The first kappa shape index (κ1) is 23.6. The molecule has 1 aromatic carbocycles. The number of halogens is 4. The van der Waals surface area contributed by atoms with Gasteiger partial charge in [0.1, 0.15) is 0 Å². The Bertz CT molecular complexity index is 1130. The van der Waals surface area contributed by atoms with Crippen LogP contribution in [0, 0.1) is 5.82 Å². The lowest BCUT2D eigenvalue weighted by Gasteiger charge is -2.40. The maximum absolute atomic E-state index is 13.1. The summed E-state index contributed by atoms with van der Waals surface area (Å²) in [6, 6.07) is 13.1. The third-order valence-corrected chi connectivity index (χ3v) is 6.44. The maximum Gasteiger partial charge on any atom is 0.490 e. The Morgan fingerprint density at radius 1 is 1.03 bits per heavy atom. The molecule has 3 heterocycles. The number of hydrogen-bond acceptors (Lipinski definition) is 5. The van der Waals surface area contributed by atoms with Crippen LogP contribution in [-0.4, -0.2) is 45.3 Å². The van der Waals surface area contributed by atoms with E-state index in [9.17, 15) is 17.6 Å². The molecule has 0 bridgehead atoms. The highest BCUT2D eigenvalue weighted by Gasteiger charge is 2.46. The fourth-order valence-corrected chi connectivity index (χ4v) is 4.85. The van der Waals surface area contributed by atoms with Gasteiger partial charge in [-0.3, -0.25) is 4.98 Å². The number of benzene rings is 1. The molecular weight excluding hydrogens is 452 g/mol. The molecule has 0 saturated carbocycles. The van der Waals surface area contributed by atoms with E-state index in [1.165, 1.54) is 29.1 Å². The summed E-state index contributed by atoms with van der Waals surface area (Å²) < 4.78 is 44.9. The Kier molecular flexibility index (Phi) is 6.49. The second-order valence-electron chi connectivity index (χ2n) is 8.40. The largest absolute Gasteiger partial charge is 0.490 e. The predicted octanol–water partition coefficient (Wildman–Crippen LogP) is 4.72. The van der Waals surface area contributed by atoms with E-state index in [1.54, 1.807) is 0 Å². The van der Waals surface area contributed by atoms with Crippen molar-refractivity contribution in [3.63, 3.8) is 0 Å². The molecule has 2 aliphatic rings. The van der Waals surface area contributed by atoms with Crippen LogP contribution in [0.25, 0.3) is 0 Å². The van der Waals surface area contributed by atoms with Crippen molar-refractivity contribution in [3.05, 3.63) is 83.7 Å². The minimum absolute atomic E-state index is 0.188. The lowest BCUT2D eigenvalue weighted by molar-refractivity contribution is -0.192. The van der Waals surface area contributed by atoms with Gasteiger partial charge in [0.2, 0.25) is 5.95 Å². The van der Waals surface area contributed by atoms with E-state index < -0.39 is 18.0 Å². The van der Waals surface area contributed by atoms with E-state index in [0.717, 1.165) is 32.4 Å². The molecular formula is C24H22F4N4O2. The fraction of sp³-hybridized carbons (Fsp3) is 0.333. The summed E-state index contributed by atoms with van der Waals surface area (Å²) in [5.41, 5.74) is 4.41. The van der Waals surface area contributed by atoms with Crippen molar-refractivity contribution in [1.29, 1.82) is 0 Å². The number of alkyl halides is 3. The highest BCUT2D eigenvalue weighted by atomic mass is 19.4. The van der Waals surface area contributed by atoms with Gasteiger partial charge in [0.05, 0.1) is 12.4 Å². The van der Waals surface area contributed by atoms with Crippen molar-refractivity contribution in [1.82, 2.24) is 15.0 Å². The zero-order valence-electron chi connectivity index (χ0n) is 18.0. The first-order chi connectivity index (χ1) is 16.2. The number of aliphatic carboxylic acids is 1. The Balaban J connectivity index is 0.000000344. The zero-order chi connectivity index (χ0) is 24.3. The van der Waals surface area contributed by atoms with Gasteiger partial charge in [-0.1, -0.05) is 30.3 Å². The molecule has 1 atom stereocenters. The van der Waals surface area contributed by atoms with E-state index >= 15 is 0 Å². The van der Waals surface area contributed by atoms with Gasteiger partial charge in [0.15, 0.2) is 5.82 Å². The number of carboxylic acid groups (broad SMARTS) is 1. The average molecular weight is 474 g/mol. The molecule has 2 aromatic heterocycles. The molecule has 178 valence electrons. The van der Waals surface area contributed by atoms with Crippen LogP contribution in [0.3, 0.4) is 0 Å². The Morgan fingerprint density at radius 3 is 2.26 bits per heavy atom. The quantitative estimate of drug-likeness (QED) is 0.542. The number of piperidine rings is 1. The molecule has 10 heteroatoms. The van der Waals surface area contributed by atoms with E-state index in [4.69, 9.17) is 9.90 Å². The number of rotatable bonds is 2. The Morgan fingerprint density at radius 2 is 1.68 bits per heavy atom.